The summed E-state index contributed by atoms with van der Waals surface area (Å²) in [5.41, 5.74) is 6.46. The SMILES string of the molecule is I.NC(=NCCC1(O)CCOCC1)NC1CCOc2ccccc21. The summed E-state index contributed by atoms with van der Waals surface area (Å²) in [4.78, 5) is 4.37. The van der Waals surface area contributed by atoms with Crippen LogP contribution < -0.4 is 15.8 Å². The second kappa shape index (κ2) is 8.87. The first-order valence-corrected chi connectivity index (χ1v) is 8.25. The lowest BCUT2D eigenvalue weighted by atomic mass is 9.91. The van der Waals surface area contributed by atoms with Crippen molar-refractivity contribution in [2.45, 2.75) is 37.3 Å². The highest BCUT2D eigenvalue weighted by Gasteiger charge is 2.29. The van der Waals surface area contributed by atoms with E-state index in [1.165, 1.54) is 0 Å². The van der Waals surface area contributed by atoms with E-state index in [0.29, 0.717) is 51.6 Å². The van der Waals surface area contributed by atoms with Crippen molar-refractivity contribution in [2.24, 2.45) is 10.7 Å². The molecule has 7 heteroatoms. The Morgan fingerprint density at radius 1 is 1.29 bits per heavy atom. The number of nitrogens with zero attached hydrogens (tertiary/aromatic N) is 1. The van der Waals surface area contributed by atoms with Gasteiger partial charge < -0.3 is 25.6 Å². The molecule has 0 aromatic heterocycles. The number of hydrogen-bond acceptors (Lipinski definition) is 4. The molecule has 2 aliphatic rings. The number of fused-ring (bicyclic) bond motifs is 1. The first-order valence-electron chi connectivity index (χ1n) is 8.25. The molecule has 1 aromatic rings. The number of halogens is 1. The molecule has 0 saturated carbocycles. The summed E-state index contributed by atoms with van der Waals surface area (Å²) in [5.74, 6) is 1.32. The molecule has 6 nitrogen and oxygen atoms in total. The standard InChI is InChI=1S/C17H25N3O3.HI/c18-16(19-9-6-17(21)7-11-22-12-8-17)20-14-5-10-23-15-4-2-1-3-13(14)15;/h1-4,14,21H,5-12H2,(H3,18,19,20);1H. The molecule has 1 fully saturated rings. The molecule has 2 heterocycles. The highest BCUT2D eigenvalue weighted by Crippen LogP contribution is 2.31. The molecule has 0 amide bonds. The third kappa shape index (κ3) is 4.97. The largest absolute Gasteiger partial charge is 0.493 e. The van der Waals surface area contributed by atoms with Crippen LogP contribution >= 0.6 is 24.0 Å². The van der Waals surface area contributed by atoms with Crippen molar-refractivity contribution in [1.29, 1.82) is 0 Å². The average molecular weight is 447 g/mol. The molecule has 0 bridgehead atoms. The summed E-state index contributed by atoms with van der Waals surface area (Å²) >= 11 is 0. The van der Waals surface area contributed by atoms with Gasteiger partial charge in [-0.3, -0.25) is 4.99 Å². The second-order valence-electron chi connectivity index (χ2n) is 6.23. The maximum atomic E-state index is 10.4. The number of hydrogen-bond donors (Lipinski definition) is 3. The number of ether oxygens (including phenoxy) is 2. The van der Waals surface area contributed by atoms with Gasteiger partial charge in [0.1, 0.15) is 5.75 Å². The van der Waals surface area contributed by atoms with Crippen LogP contribution in [0.2, 0.25) is 0 Å². The predicted octanol–water partition coefficient (Wildman–Crippen LogP) is 1.96. The Kier molecular flexibility index (Phi) is 7.12. The number of aliphatic imine (C=N–C) groups is 1. The van der Waals surface area contributed by atoms with E-state index >= 15 is 0 Å². The van der Waals surface area contributed by atoms with E-state index in [1.54, 1.807) is 0 Å². The highest BCUT2D eigenvalue weighted by atomic mass is 127. The lowest BCUT2D eigenvalue weighted by Crippen LogP contribution is -2.39. The first-order chi connectivity index (χ1) is 11.2. The fourth-order valence-corrected chi connectivity index (χ4v) is 3.10. The molecule has 1 atom stereocenters. The Balaban J connectivity index is 0.00000208. The quantitative estimate of drug-likeness (QED) is 0.373. The molecule has 24 heavy (non-hydrogen) atoms. The van der Waals surface area contributed by atoms with Crippen LogP contribution in [0.5, 0.6) is 5.75 Å². The zero-order chi connectivity index (χ0) is 16.1. The second-order valence-corrected chi connectivity index (χ2v) is 6.23. The lowest BCUT2D eigenvalue weighted by molar-refractivity contribution is -0.0662. The number of nitrogens with two attached hydrogens (primary N) is 1. The molecule has 134 valence electrons. The van der Waals surface area contributed by atoms with Crippen molar-refractivity contribution >= 4 is 29.9 Å². The maximum absolute atomic E-state index is 10.4. The molecule has 3 rings (SSSR count). The van der Waals surface area contributed by atoms with E-state index in [4.69, 9.17) is 15.2 Å². The molecule has 0 spiro atoms. The van der Waals surface area contributed by atoms with Crippen LogP contribution in [0.25, 0.3) is 0 Å². The van der Waals surface area contributed by atoms with Crippen molar-refractivity contribution in [3.8, 4) is 5.75 Å². The van der Waals surface area contributed by atoms with Crippen LogP contribution in [-0.2, 0) is 4.74 Å². The fourth-order valence-electron chi connectivity index (χ4n) is 3.10. The number of guanidine groups is 1. The van der Waals surface area contributed by atoms with Crippen LogP contribution in [0.15, 0.2) is 29.3 Å². The Morgan fingerprint density at radius 2 is 2.04 bits per heavy atom. The third-order valence-electron chi connectivity index (χ3n) is 4.56. The molecule has 4 N–H and O–H groups in total. The minimum atomic E-state index is -0.659. The van der Waals surface area contributed by atoms with E-state index < -0.39 is 5.60 Å². The molecule has 0 aliphatic carbocycles. The minimum Gasteiger partial charge on any atom is -0.493 e. The molecule has 0 radical (unpaired) electrons. The Labute approximate surface area is 159 Å². The van der Waals surface area contributed by atoms with Crippen LogP contribution in [0.4, 0.5) is 0 Å². The predicted molar refractivity (Wildman–Crippen MR) is 104 cm³/mol. The highest BCUT2D eigenvalue weighted by molar-refractivity contribution is 14.0. The van der Waals surface area contributed by atoms with Gasteiger partial charge in [-0.1, -0.05) is 18.2 Å². The van der Waals surface area contributed by atoms with Crippen molar-refractivity contribution in [1.82, 2.24) is 5.32 Å². The monoisotopic (exact) mass is 447 g/mol. The smallest absolute Gasteiger partial charge is 0.189 e. The molecule has 1 saturated heterocycles. The van der Waals surface area contributed by atoms with Gasteiger partial charge in [0.05, 0.1) is 18.2 Å². The van der Waals surface area contributed by atoms with E-state index in [0.717, 1.165) is 17.7 Å². The van der Waals surface area contributed by atoms with Crippen LogP contribution in [-0.4, -0.2) is 43.0 Å². The summed E-state index contributed by atoms with van der Waals surface area (Å²) < 4.78 is 10.9. The van der Waals surface area contributed by atoms with E-state index in [1.807, 2.05) is 24.3 Å². The van der Waals surface area contributed by atoms with E-state index in [9.17, 15) is 5.11 Å². The summed E-state index contributed by atoms with van der Waals surface area (Å²) in [6, 6.07) is 8.10. The van der Waals surface area contributed by atoms with Gasteiger partial charge in [-0.05, 0) is 25.3 Å². The van der Waals surface area contributed by atoms with Crippen molar-refractivity contribution < 1.29 is 14.6 Å². The topological polar surface area (TPSA) is 89.1 Å². The lowest BCUT2D eigenvalue weighted by Gasteiger charge is -2.31. The summed E-state index contributed by atoms with van der Waals surface area (Å²) in [7, 11) is 0. The van der Waals surface area contributed by atoms with E-state index in [2.05, 4.69) is 10.3 Å². The van der Waals surface area contributed by atoms with Crippen LogP contribution in [0.1, 0.15) is 37.3 Å². The van der Waals surface area contributed by atoms with Gasteiger partial charge in [-0.2, -0.15) is 0 Å². The Hall–Kier alpha value is -1.06. The number of aliphatic hydroxyl groups is 1. The normalized spacial score (nSPS) is 22.7. The number of rotatable bonds is 4. The minimum absolute atomic E-state index is 0. The van der Waals surface area contributed by atoms with Crippen LogP contribution in [0, 0.1) is 0 Å². The zero-order valence-corrected chi connectivity index (χ0v) is 16.1. The number of nitrogens with one attached hydrogen (secondary N) is 1. The van der Waals surface area contributed by atoms with Gasteiger partial charge in [0.15, 0.2) is 5.96 Å². The van der Waals surface area contributed by atoms with Gasteiger partial charge in [-0.25, -0.2) is 0 Å². The average Bonchev–Trinajstić information content (AvgIpc) is 2.56. The van der Waals surface area contributed by atoms with Crippen molar-refractivity contribution in [2.75, 3.05) is 26.4 Å². The maximum Gasteiger partial charge on any atom is 0.189 e. The summed E-state index contributed by atoms with van der Waals surface area (Å²) in [6.07, 6.45) is 2.81. The Morgan fingerprint density at radius 3 is 2.83 bits per heavy atom. The number of para-hydroxylation sites is 1. The third-order valence-corrected chi connectivity index (χ3v) is 4.56. The van der Waals surface area contributed by atoms with Gasteiger partial charge in [-0.15, -0.1) is 24.0 Å². The van der Waals surface area contributed by atoms with Gasteiger partial charge >= 0.3 is 0 Å². The van der Waals surface area contributed by atoms with Gasteiger partial charge in [0.2, 0.25) is 0 Å². The first kappa shape index (κ1) is 19.3. The van der Waals surface area contributed by atoms with E-state index in [-0.39, 0.29) is 30.0 Å². The molecular formula is C17H26IN3O3. The number of benzene rings is 1. The Bertz CT molecular complexity index is 562. The van der Waals surface area contributed by atoms with Crippen molar-refractivity contribution in [3.05, 3.63) is 29.8 Å². The summed E-state index contributed by atoms with van der Waals surface area (Å²) in [6.45, 7) is 2.42. The van der Waals surface area contributed by atoms with Gasteiger partial charge in [0, 0.05) is 31.7 Å². The van der Waals surface area contributed by atoms with Gasteiger partial charge in [0.25, 0.3) is 0 Å². The summed E-state index contributed by atoms with van der Waals surface area (Å²) in [5, 5.41) is 13.7. The molecular weight excluding hydrogens is 421 g/mol. The van der Waals surface area contributed by atoms with Crippen LogP contribution in [0.3, 0.4) is 0 Å². The fraction of sp³-hybridized carbons (Fsp3) is 0.588. The molecule has 1 aromatic carbocycles. The van der Waals surface area contributed by atoms with Crippen molar-refractivity contribution in [3.63, 3.8) is 0 Å². The zero-order valence-electron chi connectivity index (χ0n) is 13.7. The molecule has 1 unspecified atom stereocenters. The molecule has 2 aliphatic heterocycles.